The van der Waals surface area contributed by atoms with Crippen LogP contribution in [-0.2, 0) is 0 Å². The van der Waals surface area contributed by atoms with Gasteiger partial charge in [0.15, 0.2) is 0 Å². The SMILES string of the molecule is Cc1cc(Br)cc(NC(CN)c2occc2Br)c1. The van der Waals surface area contributed by atoms with Crippen LogP contribution in [0.4, 0.5) is 5.69 Å². The van der Waals surface area contributed by atoms with Gasteiger partial charge in [0.2, 0.25) is 0 Å². The Bertz CT molecular complexity index is 519. The summed E-state index contributed by atoms with van der Waals surface area (Å²) in [5.74, 6) is 0.815. The first kappa shape index (κ1) is 13.6. The summed E-state index contributed by atoms with van der Waals surface area (Å²) >= 11 is 6.94. The van der Waals surface area contributed by atoms with E-state index in [1.165, 1.54) is 5.56 Å². The molecule has 0 aliphatic rings. The van der Waals surface area contributed by atoms with Gasteiger partial charge >= 0.3 is 0 Å². The maximum Gasteiger partial charge on any atom is 0.141 e. The van der Waals surface area contributed by atoms with Crippen molar-refractivity contribution in [3.05, 3.63) is 50.8 Å². The molecule has 3 N–H and O–H groups in total. The van der Waals surface area contributed by atoms with Gasteiger partial charge in [-0.25, -0.2) is 0 Å². The number of nitrogens with two attached hydrogens (primary N) is 1. The van der Waals surface area contributed by atoms with Crippen molar-refractivity contribution in [3.63, 3.8) is 0 Å². The van der Waals surface area contributed by atoms with Crippen LogP contribution >= 0.6 is 31.9 Å². The lowest BCUT2D eigenvalue weighted by Gasteiger charge is -2.17. The van der Waals surface area contributed by atoms with Crippen molar-refractivity contribution in [2.45, 2.75) is 13.0 Å². The first-order chi connectivity index (χ1) is 8.60. The van der Waals surface area contributed by atoms with Gasteiger partial charge in [-0.1, -0.05) is 15.9 Å². The van der Waals surface area contributed by atoms with Gasteiger partial charge in [0, 0.05) is 16.7 Å². The lowest BCUT2D eigenvalue weighted by molar-refractivity contribution is 0.479. The van der Waals surface area contributed by atoms with E-state index in [2.05, 4.69) is 56.2 Å². The molecule has 1 aromatic heterocycles. The molecule has 1 unspecified atom stereocenters. The van der Waals surface area contributed by atoms with E-state index in [1.54, 1.807) is 6.26 Å². The molecule has 0 spiro atoms. The molecule has 0 bridgehead atoms. The highest BCUT2D eigenvalue weighted by Crippen LogP contribution is 2.28. The highest BCUT2D eigenvalue weighted by Gasteiger charge is 2.16. The summed E-state index contributed by atoms with van der Waals surface area (Å²) in [6.07, 6.45) is 1.65. The van der Waals surface area contributed by atoms with E-state index in [4.69, 9.17) is 10.2 Å². The van der Waals surface area contributed by atoms with Gasteiger partial charge in [-0.3, -0.25) is 0 Å². The minimum Gasteiger partial charge on any atom is -0.466 e. The second kappa shape index (κ2) is 5.91. The van der Waals surface area contributed by atoms with Crippen molar-refractivity contribution in [1.29, 1.82) is 0 Å². The van der Waals surface area contributed by atoms with Crippen LogP contribution in [0.3, 0.4) is 0 Å². The molecule has 0 aliphatic carbocycles. The number of hydrogen-bond donors (Lipinski definition) is 2. The normalized spacial score (nSPS) is 12.4. The molecule has 0 saturated carbocycles. The van der Waals surface area contributed by atoms with E-state index in [0.29, 0.717) is 6.54 Å². The van der Waals surface area contributed by atoms with Gasteiger partial charge in [-0.15, -0.1) is 0 Å². The summed E-state index contributed by atoms with van der Waals surface area (Å²) in [7, 11) is 0. The molecule has 1 aromatic carbocycles. The number of hydrogen-bond acceptors (Lipinski definition) is 3. The van der Waals surface area contributed by atoms with Gasteiger partial charge in [-0.2, -0.15) is 0 Å². The van der Waals surface area contributed by atoms with E-state index < -0.39 is 0 Å². The predicted molar refractivity (Wildman–Crippen MR) is 80.7 cm³/mol. The molecule has 0 saturated heterocycles. The number of anilines is 1. The molecule has 1 atom stereocenters. The van der Waals surface area contributed by atoms with Gasteiger partial charge in [0.1, 0.15) is 5.76 Å². The molecule has 0 fully saturated rings. The lowest BCUT2D eigenvalue weighted by atomic mass is 10.2. The van der Waals surface area contributed by atoms with Crippen LogP contribution in [0.1, 0.15) is 17.4 Å². The zero-order valence-corrected chi connectivity index (χ0v) is 13.1. The van der Waals surface area contributed by atoms with Crippen LogP contribution in [0, 0.1) is 6.92 Å². The minimum absolute atomic E-state index is 0.0527. The third-order valence-corrected chi connectivity index (χ3v) is 3.69. The molecule has 18 heavy (non-hydrogen) atoms. The number of rotatable bonds is 4. The van der Waals surface area contributed by atoms with Crippen LogP contribution < -0.4 is 11.1 Å². The topological polar surface area (TPSA) is 51.2 Å². The molecule has 0 aliphatic heterocycles. The Morgan fingerprint density at radius 1 is 1.33 bits per heavy atom. The van der Waals surface area contributed by atoms with Crippen LogP contribution in [0.5, 0.6) is 0 Å². The average molecular weight is 374 g/mol. The van der Waals surface area contributed by atoms with Crippen molar-refractivity contribution >= 4 is 37.5 Å². The molecule has 96 valence electrons. The standard InChI is InChI=1S/C13H14Br2N2O/c1-8-4-9(14)6-10(5-8)17-12(7-16)13-11(15)2-3-18-13/h2-6,12,17H,7,16H2,1H3. The van der Waals surface area contributed by atoms with Gasteiger partial charge < -0.3 is 15.5 Å². The lowest BCUT2D eigenvalue weighted by Crippen LogP contribution is -2.20. The summed E-state index contributed by atoms with van der Waals surface area (Å²) in [4.78, 5) is 0. The highest BCUT2D eigenvalue weighted by molar-refractivity contribution is 9.10. The van der Waals surface area contributed by atoms with E-state index in [0.717, 1.165) is 20.4 Å². The summed E-state index contributed by atoms with van der Waals surface area (Å²) in [6, 6.07) is 7.97. The third-order valence-electron chi connectivity index (χ3n) is 2.58. The summed E-state index contributed by atoms with van der Waals surface area (Å²) in [5.41, 5.74) is 8.00. The molecular formula is C13H14Br2N2O. The fourth-order valence-electron chi connectivity index (χ4n) is 1.81. The Morgan fingerprint density at radius 2 is 2.11 bits per heavy atom. The Morgan fingerprint density at radius 3 is 2.67 bits per heavy atom. The van der Waals surface area contributed by atoms with Crippen molar-refractivity contribution in [2.75, 3.05) is 11.9 Å². The first-order valence-corrected chi connectivity index (χ1v) is 7.15. The maximum absolute atomic E-state index is 5.80. The van der Waals surface area contributed by atoms with Crippen LogP contribution in [0.25, 0.3) is 0 Å². The molecule has 0 amide bonds. The number of nitrogens with one attached hydrogen (secondary N) is 1. The molecule has 5 heteroatoms. The van der Waals surface area contributed by atoms with E-state index >= 15 is 0 Å². The van der Waals surface area contributed by atoms with Gasteiger partial charge in [0.25, 0.3) is 0 Å². The quantitative estimate of drug-likeness (QED) is 0.843. The van der Waals surface area contributed by atoms with Crippen molar-refractivity contribution in [3.8, 4) is 0 Å². The smallest absolute Gasteiger partial charge is 0.141 e. The molecule has 3 nitrogen and oxygen atoms in total. The fraction of sp³-hybridized carbons (Fsp3) is 0.231. The van der Waals surface area contributed by atoms with Crippen molar-refractivity contribution in [2.24, 2.45) is 5.73 Å². The predicted octanol–water partition coefficient (Wildman–Crippen LogP) is 4.22. The molecule has 0 radical (unpaired) electrons. The Labute approximate surface area is 123 Å². The summed E-state index contributed by atoms with van der Waals surface area (Å²) < 4.78 is 7.42. The van der Waals surface area contributed by atoms with Crippen LogP contribution in [0.2, 0.25) is 0 Å². The second-order valence-corrected chi connectivity index (χ2v) is 5.85. The van der Waals surface area contributed by atoms with Crippen molar-refractivity contribution < 1.29 is 4.42 Å². The van der Waals surface area contributed by atoms with Gasteiger partial charge in [-0.05, 0) is 52.7 Å². The number of aryl methyl sites for hydroxylation is 1. The first-order valence-electron chi connectivity index (χ1n) is 5.57. The molecule has 2 aromatic rings. The van der Waals surface area contributed by atoms with Crippen LogP contribution in [-0.4, -0.2) is 6.54 Å². The van der Waals surface area contributed by atoms with E-state index in [-0.39, 0.29) is 6.04 Å². The monoisotopic (exact) mass is 372 g/mol. The number of furan rings is 1. The molecule has 2 rings (SSSR count). The molecule has 1 heterocycles. The summed E-state index contributed by atoms with van der Waals surface area (Å²) in [6.45, 7) is 2.51. The second-order valence-electron chi connectivity index (χ2n) is 4.08. The van der Waals surface area contributed by atoms with Gasteiger partial charge in [0.05, 0.1) is 16.8 Å². The maximum atomic E-state index is 5.80. The largest absolute Gasteiger partial charge is 0.466 e. The zero-order chi connectivity index (χ0) is 13.1. The van der Waals surface area contributed by atoms with E-state index in [1.807, 2.05) is 12.1 Å². The fourth-order valence-corrected chi connectivity index (χ4v) is 2.89. The van der Waals surface area contributed by atoms with Crippen molar-refractivity contribution in [1.82, 2.24) is 0 Å². The average Bonchev–Trinajstić information content (AvgIpc) is 2.71. The highest BCUT2D eigenvalue weighted by atomic mass is 79.9. The molecular weight excluding hydrogens is 360 g/mol. The Kier molecular flexibility index (Phi) is 4.48. The Hall–Kier alpha value is -0.780. The number of halogens is 2. The minimum atomic E-state index is -0.0527. The number of benzene rings is 1. The zero-order valence-electron chi connectivity index (χ0n) is 9.91. The third kappa shape index (κ3) is 3.16. The Balaban J connectivity index is 2.23. The van der Waals surface area contributed by atoms with E-state index in [9.17, 15) is 0 Å². The summed E-state index contributed by atoms with van der Waals surface area (Å²) in [5, 5.41) is 3.37. The van der Waals surface area contributed by atoms with Crippen LogP contribution in [0.15, 0.2) is 43.9 Å².